The van der Waals surface area contributed by atoms with Crippen LogP contribution in [0.4, 0.5) is 28.0 Å². The standard InChI is InChI=1S/C12H12F4N2O3/c1-6(5-12(14,15)16)17-11(21)18-9-3-2-7(13)4-8(9)10(19)20/h2-4,6H,5H2,1H3,(H,19,20)(H2,17,18,21). The summed E-state index contributed by atoms with van der Waals surface area (Å²) in [5, 5.41) is 12.9. The summed E-state index contributed by atoms with van der Waals surface area (Å²) in [6.07, 6.45) is -5.66. The number of alkyl halides is 3. The van der Waals surface area contributed by atoms with Crippen molar-refractivity contribution in [3.8, 4) is 0 Å². The average molecular weight is 308 g/mol. The molecule has 0 heterocycles. The van der Waals surface area contributed by atoms with Gasteiger partial charge in [-0.15, -0.1) is 0 Å². The van der Waals surface area contributed by atoms with Crippen LogP contribution in [0.5, 0.6) is 0 Å². The van der Waals surface area contributed by atoms with E-state index in [0.717, 1.165) is 19.1 Å². The number of carbonyl (C=O) groups excluding carboxylic acids is 1. The second-order valence-electron chi connectivity index (χ2n) is 4.31. The molecule has 0 aliphatic heterocycles. The zero-order valence-electron chi connectivity index (χ0n) is 10.8. The summed E-state index contributed by atoms with van der Waals surface area (Å²) in [7, 11) is 0. The zero-order chi connectivity index (χ0) is 16.2. The lowest BCUT2D eigenvalue weighted by atomic mass is 10.1. The number of urea groups is 1. The van der Waals surface area contributed by atoms with Gasteiger partial charge in [-0.05, 0) is 25.1 Å². The largest absolute Gasteiger partial charge is 0.478 e. The second kappa shape index (κ2) is 6.42. The van der Waals surface area contributed by atoms with Crippen LogP contribution in [-0.2, 0) is 0 Å². The molecule has 1 aromatic carbocycles. The fraction of sp³-hybridized carbons (Fsp3) is 0.333. The van der Waals surface area contributed by atoms with Gasteiger partial charge in [-0.3, -0.25) is 0 Å². The van der Waals surface area contributed by atoms with Crippen LogP contribution in [0.1, 0.15) is 23.7 Å². The lowest BCUT2D eigenvalue weighted by molar-refractivity contribution is -0.138. The van der Waals surface area contributed by atoms with Gasteiger partial charge in [-0.2, -0.15) is 13.2 Å². The van der Waals surface area contributed by atoms with Crippen molar-refractivity contribution in [1.29, 1.82) is 0 Å². The molecule has 0 fully saturated rings. The normalized spacial score (nSPS) is 12.6. The van der Waals surface area contributed by atoms with Crippen LogP contribution in [0.15, 0.2) is 18.2 Å². The topological polar surface area (TPSA) is 78.4 Å². The van der Waals surface area contributed by atoms with Crippen LogP contribution < -0.4 is 10.6 Å². The fourth-order valence-electron chi connectivity index (χ4n) is 1.58. The Morgan fingerprint density at radius 3 is 2.48 bits per heavy atom. The highest BCUT2D eigenvalue weighted by Gasteiger charge is 2.30. The predicted molar refractivity (Wildman–Crippen MR) is 65.6 cm³/mol. The summed E-state index contributed by atoms with van der Waals surface area (Å²) >= 11 is 0. The summed E-state index contributed by atoms with van der Waals surface area (Å²) < 4.78 is 49.2. The van der Waals surface area contributed by atoms with Gasteiger partial charge in [-0.1, -0.05) is 0 Å². The van der Waals surface area contributed by atoms with E-state index >= 15 is 0 Å². The number of aromatic carboxylic acids is 1. The number of hydrogen-bond acceptors (Lipinski definition) is 2. The quantitative estimate of drug-likeness (QED) is 0.748. The van der Waals surface area contributed by atoms with Crippen molar-refractivity contribution in [1.82, 2.24) is 5.32 Å². The summed E-state index contributed by atoms with van der Waals surface area (Å²) in [6, 6.07) is 0.407. The predicted octanol–water partition coefficient (Wildman–Crippen LogP) is 2.99. The van der Waals surface area contributed by atoms with Gasteiger partial charge >= 0.3 is 18.2 Å². The van der Waals surface area contributed by atoms with Gasteiger partial charge in [-0.25, -0.2) is 14.0 Å². The molecule has 0 spiro atoms. The van der Waals surface area contributed by atoms with Crippen molar-refractivity contribution in [3.63, 3.8) is 0 Å². The third-order valence-electron chi connectivity index (χ3n) is 2.38. The highest BCUT2D eigenvalue weighted by atomic mass is 19.4. The van der Waals surface area contributed by atoms with Gasteiger partial charge in [0.15, 0.2) is 0 Å². The molecule has 0 aromatic heterocycles. The minimum absolute atomic E-state index is 0.222. The number of carboxylic acids is 1. The Morgan fingerprint density at radius 2 is 1.95 bits per heavy atom. The molecule has 2 amide bonds. The maximum Gasteiger partial charge on any atom is 0.391 e. The third-order valence-corrected chi connectivity index (χ3v) is 2.38. The molecule has 1 unspecified atom stereocenters. The van der Waals surface area contributed by atoms with Gasteiger partial charge in [0.25, 0.3) is 0 Å². The maximum absolute atomic E-state index is 12.9. The molecule has 1 rings (SSSR count). The number of anilines is 1. The van der Waals surface area contributed by atoms with Crippen LogP contribution in [0.25, 0.3) is 0 Å². The lowest BCUT2D eigenvalue weighted by Gasteiger charge is -2.16. The van der Waals surface area contributed by atoms with E-state index < -0.39 is 42.0 Å². The first-order chi connectivity index (χ1) is 9.58. The van der Waals surface area contributed by atoms with Crippen molar-refractivity contribution in [3.05, 3.63) is 29.6 Å². The molecule has 0 radical (unpaired) electrons. The molecule has 0 aliphatic rings. The number of halogens is 4. The molecule has 21 heavy (non-hydrogen) atoms. The molecule has 0 saturated heterocycles. The molecule has 0 aliphatic carbocycles. The molecule has 1 atom stereocenters. The smallest absolute Gasteiger partial charge is 0.391 e. The first-order valence-electron chi connectivity index (χ1n) is 5.75. The molecule has 9 heteroatoms. The van der Waals surface area contributed by atoms with E-state index in [2.05, 4.69) is 5.32 Å². The number of carboxylic acid groups (broad SMARTS) is 1. The highest BCUT2D eigenvalue weighted by molar-refractivity contribution is 6.00. The summed E-state index contributed by atoms with van der Waals surface area (Å²) in [5.74, 6) is -2.29. The van der Waals surface area contributed by atoms with Crippen LogP contribution in [0, 0.1) is 5.82 Å². The minimum Gasteiger partial charge on any atom is -0.478 e. The van der Waals surface area contributed by atoms with E-state index in [1.165, 1.54) is 0 Å². The van der Waals surface area contributed by atoms with Crippen molar-refractivity contribution in [2.75, 3.05) is 5.32 Å². The molecule has 1 aromatic rings. The monoisotopic (exact) mass is 308 g/mol. The number of carbonyl (C=O) groups is 2. The number of rotatable bonds is 4. The Balaban J connectivity index is 2.73. The molecular weight excluding hydrogens is 296 g/mol. The van der Waals surface area contributed by atoms with Gasteiger partial charge < -0.3 is 15.7 Å². The number of nitrogens with one attached hydrogen (secondary N) is 2. The van der Waals surface area contributed by atoms with Crippen LogP contribution >= 0.6 is 0 Å². The number of amides is 2. The Labute approximate surface area is 117 Å². The third kappa shape index (κ3) is 5.67. The Kier molecular flexibility index (Phi) is 5.12. The summed E-state index contributed by atoms with van der Waals surface area (Å²) in [4.78, 5) is 22.4. The van der Waals surface area contributed by atoms with E-state index in [9.17, 15) is 27.2 Å². The number of hydrogen-bond donors (Lipinski definition) is 3. The Hall–Kier alpha value is -2.32. The van der Waals surface area contributed by atoms with Crippen LogP contribution in [0.2, 0.25) is 0 Å². The van der Waals surface area contributed by atoms with Crippen molar-refractivity contribution >= 4 is 17.7 Å². The van der Waals surface area contributed by atoms with Gasteiger partial charge in [0.05, 0.1) is 17.7 Å². The van der Waals surface area contributed by atoms with E-state index in [-0.39, 0.29) is 5.69 Å². The Bertz CT molecular complexity index is 546. The molecule has 0 saturated carbocycles. The zero-order valence-corrected chi connectivity index (χ0v) is 10.8. The fourth-order valence-corrected chi connectivity index (χ4v) is 1.58. The van der Waals surface area contributed by atoms with Crippen molar-refractivity contribution in [2.45, 2.75) is 25.6 Å². The molecule has 3 N–H and O–H groups in total. The van der Waals surface area contributed by atoms with E-state index in [0.29, 0.717) is 6.07 Å². The molecule has 5 nitrogen and oxygen atoms in total. The molecular formula is C12H12F4N2O3. The van der Waals surface area contributed by atoms with E-state index in [4.69, 9.17) is 5.11 Å². The summed E-state index contributed by atoms with van der Waals surface area (Å²) in [5.41, 5.74) is -0.728. The molecule has 0 bridgehead atoms. The van der Waals surface area contributed by atoms with E-state index in [1.54, 1.807) is 0 Å². The van der Waals surface area contributed by atoms with Crippen LogP contribution in [-0.4, -0.2) is 29.3 Å². The van der Waals surface area contributed by atoms with Gasteiger partial charge in [0.1, 0.15) is 5.82 Å². The van der Waals surface area contributed by atoms with Gasteiger partial charge in [0, 0.05) is 6.04 Å². The first kappa shape index (κ1) is 16.7. The molecule has 116 valence electrons. The SMILES string of the molecule is CC(CC(F)(F)F)NC(=O)Nc1ccc(F)cc1C(=O)O. The highest BCUT2D eigenvalue weighted by Crippen LogP contribution is 2.21. The summed E-state index contributed by atoms with van der Waals surface area (Å²) in [6.45, 7) is 1.15. The van der Waals surface area contributed by atoms with Crippen molar-refractivity contribution in [2.24, 2.45) is 0 Å². The van der Waals surface area contributed by atoms with Crippen molar-refractivity contribution < 1.29 is 32.3 Å². The first-order valence-corrected chi connectivity index (χ1v) is 5.75. The second-order valence-corrected chi connectivity index (χ2v) is 4.31. The minimum atomic E-state index is -4.44. The van der Waals surface area contributed by atoms with Gasteiger partial charge in [0.2, 0.25) is 0 Å². The van der Waals surface area contributed by atoms with Crippen LogP contribution in [0.3, 0.4) is 0 Å². The maximum atomic E-state index is 12.9. The Morgan fingerprint density at radius 1 is 1.33 bits per heavy atom. The average Bonchev–Trinajstić information content (AvgIpc) is 2.28. The lowest BCUT2D eigenvalue weighted by Crippen LogP contribution is -2.38. The number of benzene rings is 1. The van der Waals surface area contributed by atoms with E-state index in [1.807, 2.05) is 5.32 Å².